The molecule has 6 nitrogen and oxygen atoms in total. The van der Waals surface area contributed by atoms with Gasteiger partial charge in [0.15, 0.2) is 0 Å². The number of carbonyl (C=O) groups excluding carboxylic acids is 2. The molecule has 1 heterocycles. The Morgan fingerprint density at radius 1 is 0.844 bits per heavy atom. The minimum atomic E-state index is -4.60. The van der Waals surface area contributed by atoms with Crippen LogP contribution in [0.1, 0.15) is 5.56 Å². The van der Waals surface area contributed by atoms with Crippen LogP contribution in [0, 0.1) is 0 Å². The molecule has 1 aliphatic heterocycles. The number of alkyl halides is 3. The first kappa shape index (κ1) is 24.3. The average molecular weight is 489 g/mol. The highest BCUT2D eigenvalue weighted by molar-refractivity contribution is 6.33. The van der Waals surface area contributed by atoms with Crippen LogP contribution in [-0.4, -0.2) is 60.9 Å². The molecule has 2 amide bonds. The molecule has 0 radical (unpaired) electrons. The van der Waals surface area contributed by atoms with Crippen molar-refractivity contribution in [2.24, 2.45) is 0 Å². The molecule has 2 N–H and O–H groups in total. The predicted octanol–water partition coefficient (Wildman–Crippen LogP) is 4.21. The highest BCUT2D eigenvalue weighted by Gasteiger charge is 2.33. The molecule has 0 spiro atoms. The topological polar surface area (TPSA) is 64.7 Å². The zero-order chi connectivity index (χ0) is 23.3. The Morgan fingerprint density at radius 3 is 1.97 bits per heavy atom. The Balaban J connectivity index is 1.44. The van der Waals surface area contributed by atoms with Gasteiger partial charge in [0.05, 0.1) is 34.4 Å². The van der Waals surface area contributed by atoms with Crippen molar-refractivity contribution in [1.29, 1.82) is 0 Å². The number of halogens is 5. The van der Waals surface area contributed by atoms with Gasteiger partial charge < -0.3 is 10.6 Å². The number of para-hydroxylation sites is 1. The number of piperazine rings is 1. The largest absolute Gasteiger partial charge is 0.417 e. The van der Waals surface area contributed by atoms with E-state index in [0.717, 1.165) is 12.1 Å². The maximum atomic E-state index is 13.0. The van der Waals surface area contributed by atoms with Crippen molar-refractivity contribution in [2.45, 2.75) is 6.18 Å². The molecule has 2 aromatic carbocycles. The molecule has 0 aliphatic carbocycles. The van der Waals surface area contributed by atoms with Crippen molar-refractivity contribution in [3.05, 3.63) is 58.1 Å². The van der Waals surface area contributed by atoms with Crippen molar-refractivity contribution in [3.63, 3.8) is 0 Å². The summed E-state index contributed by atoms with van der Waals surface area (Å²) < 4.78 is 38.9. The van der Waals surface area contributed by atoms with Crippen LogP contribution in [0.25, 0.3) is 0 Å². The Kier molecular flexibility index (Phi) is 8.00. The standard InChI is InChI=1S/C21H21Cl2F3N4O2/c22-16-6-5-14(11-15(16)21(24,25)26)27-19(31)12-29-7-9-30(10-8-29)13-20(32)28-18-4-2-1-3-17(18)23/h1-6,11H,7-10,12-13H2,(H,27,31)(H,28,32). The van der Waals surface area contributed by atoms with E-state index in [4.69, 9.17) is 23.2 Å². The molecule has 1 fully saturated rings. The van der Waals surface area contributed by atoms with Gasteiger partial charge in [-0.2, -0.15) is 13.2 Å². The second-order valence-corrected chi connectivity index (χ2v) is 8.14. The Hall–Kier alpha value is -2.33. The zero-order valence-corrected chi connectivity index (χ0v) is 18.4. The summed E-state index contributed by atoms with van der Waals surface area (Å²) in [5.74, 6) is -0.613. The van der Waals surface area contributed by atoms with Crippen LogP contribution >= 0.6 is 23.2 Å². The van der Waals surface area contributed by atoms with Gasteiger partial charge in [0.25, 0.3) is 0 Å². The molecule has 0 saturated carbocycles. The maximum absolute atomic E-state index is 13.0. The number of anilines is 2. The van der Waals surface area contributed by atoms with Crippen molar-refractivity contribution in [1.82, 2.24) is 9.80 Å². The van der Waals surface area contributed by atoms with Crippen LogP contribution in [0.4, 0.5) is 24.5 Å². The van der Waals surface area contributed by atoms with Crippen LogP contribution in [-0.2, 0) is 15.8 Å². The summed E-state index contributed by atoms with van der Waals surface area (Å²) in [6.07, 6.45) is -4.60. The van der Waals surface area contributed by atoms with Gasteiger partial charge in [0.1, 0.15) is 0 Å². The molecule has 1 saturated heterocycles. The van der Waals surface area contributed by atoms with E-state index in [1.54, 1.807) is 24.3 Å². The lowest BCUT2D eigenvalue weighted by atomic mass is 10.2. The van der Waals surface area contributed by atoms with Crippen LogP contribution in [0.15, 0.2) is 42.5 Å². The minimum absolute atomic E-state index is 0.0293. The first-order chi connectivity index (χ1) is 15.1. The predicted molar refractivity (Wildman–Crippen MR) is 118 cm³/mol. The van der Waals surface area contributed by atoms with E-state index in [1.807, 2.05) is 9.80 Å². The Bertz CT molecular complexity index is 980. The molecule has 0 unspecified atom stereocenters. The number of rotatable bonds is 6. The quantitative estimate of drug-likeness (QED) is 0.639. The summed E-state index contributed by atoms with van der Waals surface area (Å²) >= 11 is 11.6. The summed E-state index contributed by atoms with van der Waals surface area (Å²) in [6, 6.07) is 10.2. The number of hydrogen-bond acceptors (Lipinski definition) is 4. The summed E-state index contributed by atoms with van der Waals surface area (Å²) in [5.41, 5.74) is -0.424. The number of nitrogens with one attached hydrogen (secondary N) is 2. The third-order valence-corrected chi connectivity index (χ3v) is 5.56. The molecular formula is C21H21Cl2F3N4O2. The van der Waals surface area contributed by atoms with Crippen LogP contribution in [0.5, 0.6) is 0 Å². The summed E-state index contributed by atoms with van der Waals surface area (Å²) in [6.45, 7) is 2.45. The lowest BCUT2D eigenvalue weighted by molar-refractivity contribution is -0.137. The Labute approximate surface area is 193 Å². The highest BCUT2D eigenvalue weighted by atomic mass is 35.5. The van der Waals surface area contributed by atoms with Gasteiger partial charge in [-0.25, -0.2) is 0 Å². The SMILES string of the molecule is O=C(CN1CCN(CC(=O)Nc2ccccc2Cl)CC1)Nc1ccc(Cl)c(C(F)(F)F)c1. The summed E-state index contributed by atoms with van der Waals surface area (Å²) in [5, 5.41) is 5.28. The van der Waals surface area contributed by atoms with E-state index in [1.165, 1.54) is 6.07 Å². The van der Waals surface area contributed by atoms with Gasteiger partial charge in [0.2, 0.25) is 11.8 Å². The number of carbonyl (C=O) groups is 2. The Morgan fingerprint density at radius 2 is 1.41 bits per heavy atom. The molecular weight excluding hydrogens is 468 g/mol. The smallest absolute Gasteiger partial charge is 0.325 e. The highest BCUT2D eigenvalue weighted by Crippen LogP contribution is 2.36. The molecule has 0 bridgehead atoms. The third kappa shape index (κ3) is 6.83. The number of hydrogen-bond donors (Lipinski definition) is 2. The van der Waals surface area contributed by atoms with Crippen LogP contribution < -0.4 is 10.6 Å². The van der Waals surface area contributed by atoms with Gasteiger partial charge in [0, 0.05) is 31.9 Å². The summed E-state index contributed by atoms with van der Waals surface area (Å²) in [7, 11) is 0. The lowest BCUT2D eigenvalue weighted by Gasteiger charge is -2.33. The zero-order valence-electron chi connectivity index (χ0n) is 16.9. The van der Waals surface area contributed by atoms with E-state index >= 15 is 0 Å². The molecule has 11 heteroatoms. The maximum Gasteiger partial charge on any atom is 0.417 e. The fraction of sp³-hybridized carbons (Fsp3) is 0.333. The minimum Gasteiger partial charge on any atom is -0.325 e. The first-order valence-electron chi connectivity index (χ1n) is 9.77. The lowest BCUT2D eigenvalue weighted by Crippen LogP contribution is -2.50. The number of amides is 2. The van der Waals surface area contributed by atoms with Gasteiger partial charge >= 0.3 is 6.18 Å². The average Bonchev–Trinajstić information content (AvgIpc) is 2.72. The van der Waals surface area contributed by atoms with Crippen LogP contribution in [0.2, 0.25) is 10.0 Å². The van der Waals surface area contributed by atoms with Crippen LogP contribution in [0.3, 0.4) is 0 Å². The second kappa shape index (κ2) is 10.5. The van der Waals surface area contributed by atoms with E-state index in [9.17, 15) is 22.8 Å². The fourth-order valence-corrected chi connectivity index (χ4v) is 3.69. The summed E-state index contributed by atoms with van der Waals surface area (Å²) in [4.78, 5) is 28.3. The number of nitrogens with zero attached hydrogens (tertiary/aromatic N) is 2. The van der Waals surface area contributed by atoms with E-state index < -0.39 is 22.7 Å². The van der Waals surface area contributed by atoms with Crippen molar-refractivity contribution < 1.29 is 22.8 Å². The van der Waals surface area contributed by atoms with Crippen molar-refractivity contribution in [3.8, 4) is 0 Å². The molecule has 32 heavy (non-hydrogen) atoms. The van der Waals surface area contributed by atoms with Crippen molar-refractivity contribution in [2.75, 3.05) is 49.9 Å². The molecule has 172 valence electrons. The van der Waals surface area contributed by atoms with E-state index in [-0.39, 0.29) is 24.7 Å². The monoisotopic (exact) mass is 488 g/mol. The van der Waals surface area contributed by atoms with Gasteiger partial charge in [-0.1, -0.05) is 35.3 Å². The normalized spacial score (nSPS) is 15.4. The molecule has 3 rings (SSSR count). The van der Waals surface area contributed by atoms with E-state index in [2.05, 4.69) is 10.6 Å². The number of benzene rings is 2. The molecule has 2 aromatic rings. The third-order valence-electron chi connectivity index (χ3n) is 4.90. The molecule has 0 aromatic heterocycles. The van der Waals surface area contributed by atoms with Gasteiger partial charge in [-0.15, -0.1) is 0 Å². The van der Waals surface area contributed by atoms with Gasteiger partial charge in [-0.05, 0) is 30.3 Å². The fourth-order valence-electron chi connectivity index (χ4n) is 3.28. The molecule has 1 aliphatic rings. The van der Waals surface area contributed by atoms with Crippen molar-refractivity contribution >= 4 is 46.4 Å². The van der Waals surface area contributed by atoms with E-state index in [0.29, 0.717) is 36.9 Å². The molecule has 0 atom stereocenters. The first-order valence-corrected chi connectivity index (χ1v) is 10.5. The second-order valence-electron chi connectivity index (χ2n) is 7.32. The van der Waals surface area contributed by atoms with Gasteiger partial charge in [-0.3, -0.25) is 19.4 Å².